The molecular formula is C17H26N2O3S. The predicted molar refractivity (Wildman–Crippen MR) is 90.5 cm³/mol. The minimum Gasteiger partial charge on any atom is -0.297 e. The summed E-state index contributed by atoms with van der Waals surface area (Å²) in [4.78, 5) is 5.53. The average molecular weight is 338 g/mol. The van der Waals surface area contributed by atoms with E-state index in [1.54, 1.807) is 12.1 Å². The van der Waals surface area contributed by atoms with Gasteiger partial charge in [0.25, 0.3) is 0 Å². The van der Waals surface area contributed by atoms with E-state index in [4.69, 9.17) is 4.84 Å². The van der Waals surface area contributed by atoms with Crippen molar-refractivity contribution in [3.63, 3.8) is 0 Å². The second-order valence-electron chi connectivity index (χ2n) is 7.63. The zero-order chi connectivity index (χ0) is 16.8. The summed E-state index contributed by atoms with van der Waals surface area (Å²) in [5.74, 6) is 0. The summed E-state index contributed by atoms with van der Waals surface area (Å²) in [5, 5.41) is 1.09. The van der Waals surface area contributed by atoms with Crippen LogP contribution in [0.25, 0.3) is 0 Å². The molecule has 2 fully saturated rings. The van der Waals surface area contributed by atoms with E-state index in [0.29, 0.717) is 0 Å². The van der Waals surface area contributed by atoms with Crippen LogP contribution >= 0.6 is 0 Å². The van der Waals surface area contributed by atoms with Crippen LogP contribution in [0.2, 0.25) is 0 Å². The second kappa shape index (κ2) is 5.84. The fourth-order valence-corrected chi connectivity index (χ4v) is 4.76. The Morgan fingerprint density at radius 2 is 1.78 bits per heavy atom. The van der Waals surface area contributed by atoms with Gasteiger partial charge in [-0.15, -0.1) is 0 Å². The first-order valence-corrected chi connectivity index (χ1v) is 9.70. The van der Waals surface area contributed by atoms with Gasteiger partial charge in [-0.3, -0.25) is 4.84 Å². The third-order valence-electron chi connectivity index (χ3n) is 4.61. The molecule has 1 aliphatic carbocycles. The predicted octanol–water partition coefficient (Wildman–Crippen LogP) is 2.35. The Morgan fingerprint density at radius 1 is 1.17 bits per heavy atom. The first kappa shape index (κ1) is 16.9. The van der Waals surface area contributed by atoms with E-state index in [2.05, 4.69) is 37.6 Å². The van der Waals surface area contributed by atoms with Crippen molar-refractivity contribution in [1.29, 1.82) is 0 Å². The van der Waals surface area contributed by atoms with Gasteiger partial charge in [0.1, 0.15) is 5.25 Å². The maximum absolute atomic E-state index is 12.6. The molecule has 1 saturated carbocycles. The van der Waals surface area contributed by atoms with Gasteiger partial charge in [-0.25, -0.2) is 13.1 Å². The van der Waals surface area contributed by atoms with Crippen LogP contribution in [0.15, 0.2) is 24.3 Å². The summed E-state index contributed by atoms with van der Waals surface area (Å²) >= 11 is 0. The molecule has 0 bridgehead atoms. The fourth-order valence-electron chi connectivity index (χ4n) is 2.98. The van der Waals surface area contributed by atoms with Crippen molar-refractivity contribution in [2.75, 3.05) is 13.7 Å². The number of benzene rings is 1. The highest BCUT2D eigenvalue weighted by Crippen LogP contribution is 2.35. The smallest absolute Gasteiger partial charge is 0.219 e. The van der Waals surface area contributed by atoms with Crippen molar-refractivity contribution in [1.82, 2.24) is 9.79 Å². The lowest BCUT2D eigenvalue weighted by molar-refractivity contribution is -0.110. The van der Waals surface area contributed by atoms with Gasteiger partial charge in [0.15, 0.2) is 0 Å². The van der Waals surface area contributed by atoms with Crippen molar-refractivity contribution in [2.24, 2.45) is 0 Å². The van der Waals surface area contributed by atoms with Crippen LogP contribution in [0, 0.1) is 0 Å². The average Bonchev–Trinajstić information content (AvgIpc) is 3.16. The van der Waals surface area contributed by atoms with Crippen molar-refractivity contribution < 1.29 is 13.3 Å². The molecule has 1 aromatic carbocycles. The summed E-state index contributed by atoms with van der Waals surface area (Å²) in [7, 11) is -1.58. The summed E-state index contributed by atoms with van der Waals surface area (Å²) in [6.45, 7) is 6.70. The molecule has 0 unspecified atom stereocenters. The molecule has 5 nitrogen and oxygen atoms in total. The van der Waals surface area contributed by atoms with Crippen LogP contribution in [-0.4, -0.2) is 38.4 Å². The molecule has 1 heterocycles. The molecule has 23 heavy (non-hydrogen) atoms. The SMILES string of the molecule is CN1OC[C@H](S(=O)(=O)NC2CC2)[C@@H]1c1ccc(C(C)(C)C)cc1. The minimum atomic E-state index is -3.38. The molecule has 0 aromatic heterocycles. The van der Waals surface area contributed by atoms with Gasteiger partial charge in [-0.05, 0) is 29.4 Å². The molecule has 6 heteroatoms. The molecule has 1 aliphatic heterocycles. The van der Waals surface area contributed by atoms with Crippen LogP contribution in [0.3, 0.4) is 0 Å². The molecule has 1 saturated heterocycles. The number of hydrogen-bond donors (Lipinski definition) is 1. The third kappa shape index (κ3) is 3.60. The standard InChI is InChI=1S/C17H26N2O3S/c1-17(2,3)13-7-5-12(6-8-13)16-15(11-22-19(16)4)23(20,21)18-14-9-10-14/h5-8,14-16,18H,9-11H2,1-4H3/t15-,16-/m0/s1. The number of sulfonamides is 1. The highest BCUT2D eigenvalue weighted by molar-refractivity contribution is 7.90. The van der Waals surface area contributed by atoms with Gasteiger partial charge in [0, 0.05) is 13.1 Å². The monoisotopic (exact) mass is 338 g/mol. The Hall–Kier alpha value is -0.950. The van der Waals surface area contributed by atoms with Crippen molar-refractivity contribution in [3.05, 3.63) is 35.4 Å². The van der Waals surface area contributed by atoms with E-state index in [9.17, 15) is 8.42 Å². The molecule has 128 valence electrons. The Morgan fingerprint density at radius 3 is 2.30 bits per heavy atom. The molecule has 0 spiro atoms. The van der Waals surface area contributed by atoms with Gasteiger partial charge in [-0.1, -0.05) is 45.0 Å². The van der Waals surface area contributed by atoms with E-state index >= 15 is 0 Å². The molecule has 0 amide bonds. The number of hydrogen-bond acceptors (Lipinski definition) is 4. The van der Waals surface area contributed by atoms with Crippen LogP contribution in [0.1, 0.15) is 50.8 Å². The Bertz CT molecular complexity index is 660. The van der Waals surface area contributed by atoms with Crippen molar-refractivity contribution in [3.8, 4) is 0 Å². The number of nitrogens with one attached hydrogen (secondary N) is 1. The van der Waals surface area contributed by atoms with E-state index in [0.717, 1.165) is 18.4 Å². The molecule has 3 rings (SSSR count). The normalized spacial score (nSPS) is 26.6. The molecular weight excluding hydrogens is 312 g/mol. The van der Waals surface area contributed by atoms with E-state index in [1.807, 2.05) is 12.1 Å². The fraction of sp³-hybridized carbons (Fsp3) is 0.647. The molecule has 1 aromatic rings. The van der Waals surface area contributed by atoms with E-state index in [-0.39, 0.29) is 24.1 Å². The molecule has 1 N–H and O–H groups in total. The Labute approximate surface area is 139 Å². The Balaban J connectivity index is 1.86. The lowest BCUT2D eigenvalue weighted by Gasteiger charge is -2.25. The van der Waals surface area contributed by atoms with Gasteiger partial charge >= 0.3 is 0 Å². The first-order valence-electron chi connectivity index (χ1n) is 8.16. The van der Waals surface area contributed by atoms with Gasteiger partial charge in [0.05, 0.1) is 12.6 Å². The van der Waals surface area contributed by atoms with Crippen molar-refractivity contribution >= 4 is 10.0 Å². The summed E-state index contributed by atoms with van der Waals surface area (Å²) in [6.07, 6.45) is 1.88. The maximum Gasteiger partial charge on any atom is 0.219 e. The molecule has 0 radical (unpaired) electrons. The minimum absolute atomic E-state index is 0.0790. The first-order chi connectivity index (χ1) is 10.7. The summed E-state index contributed by atoms with van der Waals surface area (Å²) in [6, 6.07) is 8.06. The quantitative estimate of drug-likeness (QED) is 0.915. The number of nitrogens with zero attached hydrogens (tertiary/aromatic N) is 1. The zero-order valence-corrected chi connectivity index (χ0v) is 15.1. The molecule has 2 aliphatic rings. The Kier molecular flexibility index (Phi) is 4.29. The summed E-state index contributed by atoms with van der Waals surface area (Å²) < 4.78 is 28.0. The van der Waals surface area contributed by atoms with Crippen LogP contribution in [0.4, 0.5) is 0 Å². The lowest BCUT2D eigenvalue weighted by atomic mass is 9.86. The third-order valence-corrected chi connectivity index (χ3v) is 6.46. The second-order valence-corrected chi connectivity index (χ2v) is 9.57. The van der Waals surface area contributed by atoms with Gasteiger partial charge in [0.2, 0.25) is 10.0 Å². The van der Waals surface area contributed by atoms with Crippen molar-refractivity contribution in [2.45, 2.75) is 56.4 Å². The van der Waals surface area contributed by atoms with E-state index in [1.165, 1.54) is 5.56 Å². The van der Waals surface area contributed by atoms with Gasteiger partial charge in [-0.2, -0.15) is 5.06 Å². The summed E-state index contributed by atoms with van der Waals surface area (Å²) in [5.41, 5.74) is 2.29. The zero-order valence-electron chi connectivity index (χ0n) is 14.2. The van der Waals surface area contributed by atoms with E-state index < -0.39 is 15.3 Å². The van der Waals surface area contributed by atoms with Crippen LogP contribution < -0.4 is 4.72 Å². The highest BCUT2D eigenvalue weighted by Gasteiger charge is 2.44. The number of hydroxylamine groups is 2. The topological polar surface area (TPSA) is 58.6 Å². The molecule has 2 atom stereocenters. The largest absolute Gasteiger partial charge is 0.297 e. The van der Waals surface area contributed by atoms with Crippen LogP contribution in [0.5, 0.6) is 0 Å². The van der Waals surface area contributed by atoms with Gasteiger partial charge < -0.3 is 0 Å². The number of rotatable bonds is 4. The lowest BCUT2D eigenvalue weighted by Crippen LogP contribution is -2.40. The highest BCUT2D eigenvalue weighted by atomic mass is 32.2. The van der Waals surface area contributed by atoms with Crippen LogP contribution in [-0.2, 0) is 20.3 Å². The maximum atomic E-state index is 12.6.